The van der Waals surface area contributed by atoms with Crippen LogP contribution in [-0.4, -0.2) is 25.4 Å². The van der Waals surface area contributed by atoms with E-state index in [1.54, 1.807) is 6.07 Å². The van der Waals surface area contributed by atoms with Gasteiger partial charge in [0.1, 0.15) is 11.4 Å². The highest BCUT2D eigenvalue weighted by atomic mass is 16.2. The first kappa shape index (κ1) is 8.72. The molecule has 7 nitrogen and oxygen atoms in total. The Morgan fingerprint density at radius 2 is 1.88 bits per heavy atom. The Kier molecular flexibility index (Phi) is 1.61. The molecule has 0 amide bonds. The fourth-order valence-electron chi connectivity index (χ4n) is 1.43. The van der Waals surface area contributed by atoms with Crippen LogP contribution < -0.4 is 11.0 Å². The first-order valence-electron chi connectivity index (χ1n) is 4.38. The molecule has 0 saturated heterocycles. The predicted molar refractivity (Wildman–Crippen MR) is 52.4 cm³/mol. The van der Waals surface area contributed by atoms with Gasteiger partial charge in [-0.05, 0) is 17.3 Å². The topological polar surface area (TPSA) is 98.6 Å². The monoisotopic (exact) mass is 213 g/mol. The molecule has 0 N–H and O–H groups in total. The summed E-state index contributed by atoms with van der Waals surface area (Å²) in [7, 11) is 0. The SMILES string of the molecule is O=c1nc2cc(-c3ccnnn3)nc-2c1=O. The Balaban J connectivity index is 2.25. The lowest BCUT2D eigenvalue weighted by Gasteiger charge is -1.89. The normalized spacial score (nSPS) is 11.0. The van der Waals surface area contributed by atoms with Crippen molar-refractivity contribution >= 4 is 0 Å². The molecular formula is C9H3N5O2. The second kappa shape index (κ2) is 2.96. The average molecular weight is 213 g/mol. The first-order valence-corrected chi connectivity index (χ1v) is 4.38. The molecule has 0 bridgehead atoms. The van der Waals surface area contributed by atoms with Gasteiger partial charge in [0.05, 0.1) is 17.6 Å². The second-order valence-electron chi connectivity index (χ2n) is 3.13. The van der Waals surface area contributed by atoms with E-state index in [2.05, 4.69) is 25.4 Å². The van der Waals surface area contributed by atoms with E-state index in [-0.39, 0.29) is 5.69 Å². The summed E-state index contributed by atoms with van der Waals surface area (Å²) in [5.74, 6) is 0. The molecule has 0 fully saturated rings. The fraction of sp³-hybridized carbons (Fsp3) is 0. The lowest BCUT2D eigenvalue weighted by Crippen LogP contribution is -2.19. The molecule has 0 atom stereocenters. The minimum Gasteiger partial charge on any atom is -0.281 e. The lowest BCUT2D eigenvalue weighted by atomic mass is 10.3. The zero-order chi connectivity index (χ0) is 11.1. The molecule has 0 spiro atoms. The molecule has 0 aromatic carbocycles. The van der Waals surface area contributed by atoms with Crippen molar-refractivity contribution in [2.24, 2.45) is 0 Å². The molecule has 0 aliphatic carbocycles. The fourth-order valence-corrected chi connectivity index (χ4v) is 1.43. The Hall–Kier alpha value is -2.57. The van der Waals surface area contributed by atoms with Crippen LogP contribution in [0, 0.1) is 0 Å². The van der Waals surface area contributed by atoms with Crippen molar-refractivity contribution in [2.45, 2.75) is 0 Å². The number of nitrogens with zero attached hydrogens (tertiary/aromatic N) is 5. The summed E-state index contributed by atoms with van der Waals surface area (Å²) in [6.07, 6.45) is 1.46. The van der Waals surface area contributed by atoms with E-state index in [4.69, 9.17) is 0 Å². The van der Waals surface area contributed by atoms with E-state index in [1.165, 1.54) is 12.3 Å². The van der Waals surface area contributed by atoms with Crippen LogP contribution in [0.2, 0.25) is 0 Å². The zero-order valence-electron chi connectivity index (χ0n) is 7.78. The Labute approximate surface area is 87.9 Å². The summed E-state index contributed by atoms with van der Waals surface area (Å²) >= 11 is 0. The predicted octanol–water partition coefficient (Wildman–Crippen LogP) is -0.971. The van der Waals surface area contributed by atoms with Gasteiger partial charge in [0.2, 0.25) is 0 Å². The number of hydrogen-bond acceptors (Lipinski definition) is 7. The first-order chi connectivity index (χ1) is 7.75. The highest BCUT2D eigenvalue weighted by molar-refractivity contribution is 5.68. The minimum atomic E-state index is -0.773. The third-order valence-electron chi connectivity index (χ3n) is 2.15. The van der Waals surface area contributed by atoms with Crippen molar-refractivity contribution in [3.8, 4) is 22.8 Å². The molecule has 0 unspecified atom stereocenters. The van der Waals surface area contributed by atoms with Crippen molar-refractivity contribution in [2.75, 3.05) is 0 Å². The molecule has 3 rings (SSSR count). The summed E-state index contributed by atoms with van der Waals surface area (Å²) < 4.78 is 0. The van der Waals surface area contributed by atoms with Gasteiger partial charge in [-0.25, -0.2) is 9.97 Å². The van der Waals surface area contributed by atoms with Crippen LogP contribution in [0.15, 0.2) is 27.9 Å². The standard InChI is InChI=1S/C9H3N5O2/c15-8-7-6(12-9(8)16)3-5(11-7)4-1-2-10-14-13-4/h1-3H. The van der Waals surface area contributed by atoms with Gasteiger partial charge >= 0.3 is 5.56 Å². The van der Waals surface area contributed by atoms with Crippen LogP contribution >= 0.6 is 0 Å². The van der Waals surface area contributed by atoms with Gasteiger partial charge in [-0.15, -0.1) is 10.2 Å². The average Bonchev–Trinajstić information content (AvgIpc) is 2.82. The van der Waals surface area contributed by atoms with Gasteiger partial charge in [-0.3, -0.25) is 9.59 Å². The molecular weight excluding hydrogens is 210 g/mol. The largest absolute Gasteiger partial charge is 0.320 e. The molecule has 0 radical (unpaired) electrons. The van der Waals surface area contributed by atoms with E-state index in [1.807, 2.05) is 0 Å². The summed E-state index contributed by atoms with van der Waals surface area (Å²) in [6.45, 7) is 0. The molecule has 2 aliphatic rings. The van der Waals surface area contributed by atoms with Crippen LogP contribution in [0.3, 0.4) is 0 Å². The maximum atomic E-state index is 11.3. The highest BCUT2D eigenvalue weighted by Gasteiger charge is 2.20. The lowest BCUT2D eigenvalue weighted by molar-refractivity contribution is 0.868. The van der Waals surface area contributed by atoms with Gasteiger partial charge in [-0.1, -0.05) is 0 Å². The van der Waals surface area contributed by atoms with Gasteiger partial charge < -0.3 is 0 Å². The van der Waals surface area contributed by atoms with Crippen molar-refractivity contribution < 1.29 is 0 Å². The quantitative estimate of drug-likeness (QED) is 0.479. The van der Waals surface area contributed by atoms with Gasteiger partial charge in [-0.2, -0.15) is 0 Å². The maximum absolute atomic E-state index is 11.3. The molecule has 76 valence electrons. The number of hydrogen-bond donors (Lipinski definition) is 0. The summed E-state index contributed by atoms with van der Waals surface area (Å²) in [6, 6.07) is 3.14. The van der Waals surface area contributed by atoms with E-state index in [9.17, 15) is 9.59 Å². The Morgan fingerprint density at radius 1 is 1.00 bits per heavy atom. The molecule has 0 saturated carbocycles. The van der Waals surface area contributed by atoms with E-state index >= 15 is 0 Å². The van der Waals surface area contributed by atoms with Crippen LogP contribution in [0.25, 0.3) is 22.8 Å². The minimum absolute atomic E-state index is 0.0820. The second-order valence-corrected chi connectivity index (χ2v) is 3.13. The van der Waals surface area contributed by atoms with Crippen molar-refractivity contribution in [1.82, 2.24) is 25.4 Å². The smallest absolute Gasteiger partial charge is 0.281 e. The molecule has 1 aromatic heterocycles. The van der Waals surface area contributed by atoms with E-state index in [0.717, 1.165) is 0 Å². The van der Waals surface area contributed by atoms with Crippen LogP contribution in [0.4, 0.5) is 0 Å². The molecule has 16 heavy (non-hydrogen) atoms. The van der Waals surface area contributed by atoms with E-state index < -0.39 is 11.0 Å². The molecule has 7 heteroatoms. The summed E-state index contributed by atoms with van der Waals surface area (Å²) in [4.78, 5) is 29.8. The number of aromatic nitrogens is 5. The third-order valence-corrected chi connectivity index (χ3v) is 2.15. The van der Waals surface area contributed by atoms with Crippen LogP contribution in [0.1, 0.15) is 0 Å². The number of fused-ring (bicyclic) bond motifs is 1. The van der Waals surface area contributed by atoms with Crippen molar-refractivity contribution in [3.05, 3.63) is 38.9 Å². The van der Waals surface area contributed by atoms with Crippen molar-refractivity contribution in [1.29, 1.82) is 0 Å². The zero-order valence-corrected chi connectivity index (χ0v) is 7.78. The molecule has 2 aliphatic heterocycles. The molecule has 1 aromatic rings. The van der Waals surface area contributed by atoms with Gasteiger partial charge in [0.15, 0.2) is 0 Å². The van der Waals surface area contributed by atoms with Gasteiger partial charge in [0, 0.05) is 0 Å². The van der Waals surface area contributed by atoms with E-state index in [0.29, 0.717) is 17.1 Å². The Bertz CT molecular complexity index is 702. The third kappa shape index (κ3) is 1.11. The number of rotatable bonds is 1. The summed E-state index contributed by atoms with van der Waals surface area (Å²) in [5.41, 5.74) is -0.125. The highest BCUT2D eigenvalue weighted by Crippen LogP contribution is 2.21. The van der Waals surface area contributed by atoms with Crippen LogP contribution in [0.5, 0.6) is 0 Å². The van der Waals surface area contributed by atoms with Gasteiger partial charge in [0.25, 0.3) is 5.43 Å². The molecule has 3 heterocycles. The van der Waals surface area contributed by atoms with Crippen molar-refractivity contribution in [3.63, 3.8) is 0 Å². The Morgan fingerprint density at radius 3 is 2.56 bits per heavy atom. The summed E-state index contributed by atoms with van der Waals surface area (Å²) in [5, 5.41) is 10.7. The maximum Gasteiger partial charge on any atom is 0.320 e. The van der Waals surface area contributed by atoms with Crippen LogP contribution in [-0.2, 0) is 0 Å².